The van der Waals surface area contributed by atoms with E-state index in [2.05, 4.69) is 10.3 Å². The molecule has 0 bridgehead atoms. The van der Waals surface area contributed by atoms with Crippen molar-refractivity contribution in [2.45, 2.75) is 32.4 Å². The van der Waals surface area contributed by atoms with E-state index >= 15 is 0 Å². The van der Waals surface area contributed by atoms with Crippen LogP contribution in [0.2, 0.25) is 0 Å². The molecule has 2 heterocycles. The molecule has 108 valence electrons. The van der Waals surface area contributed by atoms with Gasteiger partial charge in [-0.15, -0.1) is 0 Å². The van der Waals surface area contributed by atoms with Crippen LogP contribution >= 0.6 is 0 Å². The maximum Gasteiger partial charge on any atom is 0.317 e. The van der Waals surface area contributed by atoms with Crippen molar-refractivity contribution >= 4 is 12.0 Å². The second-order valence-corrected chi connectivity index (χ2v) is 5.12. The lowest BCUT2D eigenvalue weighted by atomic mass is 9.92. The largest absolute Gasteiger partial charge is 0.481 e. The third-order valence-corrected chi connectivity index (χ3v) is 3.68. The summed E-state index contributed by atoms with van der Waals surface area (Å²) in [7, 11) is 0. The summed E-state index contributed by atoms with van der Waals surface area (Å²) in [6.07, 6.45) is 4.39. The van der Waals surface area contributed by atoms with Gasteiger partial charge in [0.25, 0.3) is 0 Å². The molecule has 2 rings (SSSR count). The number of piperidine rings is 1. The second kappa shape index (κ2) is 6.36. The van der Waals surface area contributed by atoms with Gasteiger partial charge in [0.2, 0.25) is 0 Å². The van der Waals surface area contributed by atoms with Crippen molar-refractivity contribution in [1.82, 2.24) is 15.2 Å². The third-order valence-electron chi connectivity index (χ3n) is 3.68. The van der Waals surface area contributed by atoms with Gasteiger partial charge in [-0.2, -0.15) is 0 Å². The molecular weight excluding hydrogens is 258 g/mol. The number of aromatic nitrogens is 1. The Labute approximate surface area is 117 Å². The van der Waals surface area contributed by atoms with Crippen LogP contribution in [0.1, 0.15) is 25.3 Å². The highest BCUT2D eigenvalue weighted by atomic mass is 16.4. The standard InChI is InChI=1S/C14H19N3O3/c1-10-8-12(13(18)19)4-7-17(10)14(20)16-9-11-2-5-15-6-3-11/h2-3,5-6,10,12H,4,7-9H2,1H3,(H,16,20)(H,18,19). The number of rotatable bonds is 3. The molecule has 1 aromatic rings. The van der Waals surface area contributed by atoms with Crippen LogP contribution in [0.15, 0.2) is 24.5 Å². The molecular formula is C14H19N3O3. The molecule has 6 heteroatoms. The van der Waals surface area contributed by atoms with Crippen molar-refractivity contribution < 1.29 is 14.7 Å². The number of hydrogen-bond acceptors (Lipinski definition) is 3. The van der Waals surface area contributed by atoms with E-state index in [0.29, 0.717) is 25.9 Å². The van der Waals surface area contributed by atoms with Gasteiger partial charge in [0.15, 0.2) is 0 Å². The predicted molar refractivity (Wildman–Crippen MR) is 73.0 cm³/mol. The van der Waals surface area contributed by atoms with E-state index in [4.69, 9.17) is 5.11 Å². The van der Waals surface area contributed by atoms with Gasteiger partial charge in [-0.25, -0.2) is 4.79 Å². The molecule has 2 N–H and O–H groups in total. The van der Waals surface area contributed by atoms with Crippen LogP contribution in [-0.4, -0.2) is 39.6 Å². The van der Waals surface area contributed by atoms with Crippen molar-refractivity contribution in [3.63, 3.8) is 0 Å². The fourth-order valence-corrected chi connectivity index (χ4v) is 2.48. The number of likely N-dealkylation sites (tertiary alicyclic amines) is 1. The first-order chi connectivity index (χ1) is 9.58. The van der Waals surface area contributed by atoms with Gasteiger partial charge in [-0.3, -0.25) is 9.78 Å². The summed E-state index contributed by atoms with van der Waals surface area (Å²) in [6.45, 7) is 2.83. The molecule has 6 nitrogen and oxygen atoms in total. The number of hydrogen-bond donors (Lipinski definition) is 2. The van der Waals surface area contributed by atoms with Gasteiger partial charge >= 0.3 is 12.0 Å². The number of carboxylic acid groups (broad SMARTS) is 1. The van der Waals surface area contributed by atoms with Crippen molar-refractivity contribution in [1.29, 1.82) is 0 Å². The Morgan fingerprint density at radius 1 is 1.45 bits per heavy atom. The molecule has 2 amide bonds. The smallest absolute Gasteiger partial charge is 0.317 e. The summed E-state index contributed by atoms with van der Waals surface area (Å²) in [4.78, 5) is 28.7. The first kappa shape index (κ1) is 14.3. The molecule has 1 saturated heterocycles. The van der Waals surface area contributed by atoms with Crippen LogP contribution in [0.3, 0.4) is 0 Å². The van der Waals surface area contributed by atoms with Crippen LogP contribution < -0.4 is 5.32 Å². The molecule has 1 aromatic heterocycles. The normalized spacial score (nSPS) is 22.4. The Morgan fingerprint density at radius 2 is 2.15 bits per heavy atom. The highest BCUT2D eigenvalue weighted by molar-refractivity contribution is 5.75. The summed E-state index contributed by atoms with van der Waals surface area (Å²) in [5.41, 5.74) is 0.987. The van der Waals surface area contributed by atoms with E-state index in [1.807, 2.05) is 19.1 Å². The van der Waals surface area contributed by atoms with E-state index in [1.54, 1.807) is 17.3 Å². The first-order valence-corrected chi connectivity index (χ1v) is 6.74. The Bertz CT molecular complexity index is 478. The van der Waals surface area contributed by atoms with Crippen LogP contribution in [0.4, 0.5) is 4.79 Å². The van der Waals surface area contributed by atoms with E-state index in [0.717, 1.165) is 5.56 Å². The predicted octanol–water partition coefficient (Wildman–Crippen LogP) is 1.48. The van der Waals surface area contributed by atoms with Gasteiger partial charge in [0.1, 0.15) is 0 Å². The zero-order valence-corrected chi connectivity index (χ0v) is 11.5. The lowest BCUT2D eigenvalue weighted by Gasteiger charge is -2.36. The van der Waals surface area contributed by atoms with Gasteiger partial charge in [-0.05, 0) is 37.5 Å². The van der Waals surface area contributed by atoms with Crippen LogP contribution in [0.5, 0.6) is 0 Å². The van der Waals surface area contributed by atoms with E-state index in [9.17, 15) is 9.59 Å². The van der Waals surface area contributed by atoms with Crippen molar-refractivity contribution in [3.05, 3.63) is 30.1 Å². The molecule has 2 unspecified atom stereocenters. The summed E-state index contributed by atoms with van der Waals surface area (Å²) in [6, 6.07) is 3.50. The third kappa shape index (κ3) is 3.46. The Morgan fingerprint density at radius 3 is 2.75 bits per heavy atom. The number of carbonyl (C=O) groups is 2. The maximum atomic E-state index is 12.1. The zero-order valence-electron chi connectivity index (χ0n) is 11.5. The Balaban J connectivity index is 1.85. The van der Waals surface area contributed by atoms with Gasteiger partial charge in [-0.1, -0.05) is 0 Å². The number of amides is 2. The molecule has 1 aliphatic rings. The summed E-state index contributed by atoms with van der Waals surface area (Å²) < 4.78 is 0. The highest BCUT2D eigenvalue weighted by Crippen LogP contribution is 2.22. The van der Waals surface area contributed by atoms with Crippen LogP contribution in [-0.2, 0) is 11.3 Å². The van der Waals surface area contributed by atoms with Crippen molar-refractivity contribution in [2.24, 2.45) is 5.92 Å². The van der Waals surface area contributed by atoms with Crippen LogP contribution in [0, 0.1) is 5.92 Å². The lowest BCUT2D eigenvalue weighted by Crippen LogP contribution is -2.50. The average molecular weight is 277 g/mol. The van der Waals surface area contributed by atoms with Crippen molar-refractivity contribution in [3.8, 4) is 0 Å². The number of carbonyl (C=O) groups excluding carboxylic acids is 1. The zero-order chi connectivity index (χ0) is 14.5. The summed E-state index contributed by atoms with van der Waals surface area (Å²) in [5, 5.41) is 11.9. The fraction of sp³-hybridized carbons (Fsp3) is 0.500. The molecule has 1 aliphatic heterocycles. The number of urea groups is 1. The minimum Gasteiger partial charge on any atom is -0.481 e. The fourth-order valence-electron chi connectivity index (χ4n) is 2.48. The Kier molecular flexibility index (Phi) is 4.55. The number of pyridine rings is 1. The van der Waals surface area contributed by atoms with Gasteiger partial charge in [0.05, 0.1) is 5.92 Å². The molecule has 1 fully saturated rings. The van der Waals surface area contributed by atoms with Crippen LogP contribution in [0.25, 0.3) is 0 Å². The van der Waals surface area contributed by atoms with Gasteiger partial charge < -0.3 is 15.3 Å². The van der Waals surface area contributed by atoms with Gasteiger partial charge in [0, 0.05) is 31.5 Å². The quantitative estimate of drug-likeness (QED) is 0.876. The number of nitrogens with zero attached hydrogens (tertiary/aromatic N) is 2. The molecule has 0 spiro atoms. The average Bonchev–Trinajstić information content (AvgIpc) is 2.45. The molecule has 2 atom stereocenters. The highest BCUT2D eigenvalue weighted by Gasteiger charge is 2.31. The first-order valence-electron chi connectivity index (χ1n) is 6.74. The molecule has 0 aliphatic carbocycles. The SMILES string of the molecule is CC1CC(C(=O)O)CCN1C(=O)NCc1ccncc1. The minimum absolute atomic E-state index is 0.0534. The summed E-state index contributed by atoms with van der Waals surface area (Å²) in [5.74, 6) is -1.11. The number of aliphatic carboxylic acids is 1. The molecule has 0 saturated carbocycles. The molecule has 0 radical (unpaired) electrons. The number of nitrogens with one attached hydrogen (secondary N) is 1. The number of carboxylic acids is 1. The summed E-state index contributed by atoms with van der Waals surface area (Å²) >= 11 is 0. The van der Waals surface area contributed by atoms with E-state index in [1.165, 1.54) is 0 Å². The maximum absolute atomic E-state index is 12.1. The Hall–Kier alpha value is -2.11. The van der Waals surface area contributed by atoms with Crippen molar-refractivity contribution in [2.75, 3.05) is 6.54 Å². The lowest BCUT2D eigenvalue weighted by molar-refractivity contribution is -0.143. The molecule has 0 aromatic carbocycles. The molecule has 20 heavy (non-hydrogen) atoms. The monoisotopic (exact) mass is 277 g/mol. The van der Waals surface area contributed by atoms with E-state index < -0.39 is 5.97 Å². The topological polar surface area (TPSA) is 82.5 Å². The minimum atomic E-state index is -0.770. The van der Waals surface area contributed by atoms with E-state index in [-0.39, 0.29) is 18.0 Å². The second-order valence-electron chi connectivity index (χ2n) is 5.12.